The van der Waals surface area contributed by atoms with E-state index in [1.54, 1.807) is 24.0 Å². The summed E-state index contributed by atoms with van der Waals surface area (Å²) in [5, 5.41) is 3.85. The van der Waals surface area contributed by atoms with Gasteiger partial charge in [-0.05, 0) is 36.2 Å². The van der Waals surface area contributed by atoms with Gasteiger partial charge in [0.25, 0.3) is 0 Å². The molecule has 1 unspecified atom stereocenters. The number of aromatic nitrogens is 2. The predicted octanol–water partition coefficient (Wildman–Crippen LogP) is 4.40. The van der Waals surface area contributed by atoms with Crippen LogP contribution in [0, 0.1) is 0 Å². The highest BCUT2D eigenvalue weighted by Gasteiger charge is 2.40. The van der Waals surface area contributed by atoms with E-state index in [2.05, 4.69) is 39.5 Å². The van der Waals surface area contributed by atoms with Crippen molar-refractivity contribution in [2.24, 2.45) is 0 Å². The number of rotatable bonds is 4. The van der Waals surface area contributed by atoms with E-state index in [0.717, 1.165) is 41.8 Å². The topological polar surface area (TPSA) is 61.4 Å². The van der Waals surface area contributed by atoms with Crippen molar-refractivity contribution in [1.82, 2.24) is 9.97 Å². The SMILES string of the molecule is O=C(Nc1ccccn1)N1c2nc(SCc3ccccc3)ccc2N2CCC1C2. The summed E-state index contributed by atoms with van der Waals surface area (Å²) in [6.45, 7) is 1.80. The molecule has 1 atom stereocenters. The van der Waals surface area contributed by atoms with Crippen LogP contribution in [-0.2, 0) is 5.75 Å². The Bertz CT molecular complexity index is 1010. The maximum Gasteiger partial charge on any atom is 0.329 e. The summed E-state index contributed by atoms with van der Waals surface area (Å²) in [6, 6.07) is 19.9. The Hall–Kier alpha value is -3.06. The van der Waals surface area contributed by atoms with Gasteiger partial charge in [-0.3, -0.25) is 10.2 Å². The standard InChI is InChI=1S/C22H21N5OS/c28-22(24-19-8-4-5-12-23-19)27-17-11-13-26(14-17)18-9-10-20(25-21(18)27)29-15-16-6-2-1-3-7-16/h1-10,12,17H,11,13-15H2,(H,23,24,28). The van der Waals surface area contributed by atoms with Gasteiger partial charge in [-0.1, -0.05) is 36.4 Å². The molecule has 3 aromatic rings. The molecule has 0 radical (unpaired) electrons. The molecular formula is C22H21N5OS. The Morgan fingerprint density at radius 1 is 1.10 bits per heavy atom. The van der Waals surface area contributed by atoms with E-state index in [4.69, 9.17) is 4.98 Å². The number of thioether (sulfide) groups is 1. The monoisotopic (exact) mass is 403 g/mol. The number of pyridine rings is 2. The van der Waals surface area contributed by atoms with Crippen LogP contribution in [0.25, 0.3) is 0 Å². The fraction of sp³-hybridized carbons (Fsp3) is 0.227. The second-order valence-corrected chi connectivity index (χ2v) is 8.17. The quantitative estimate of drug-likeness (QED) is 0.654. The average molecular weight is 404 g/mol. The molecule has 2 bridgehead atoms. The Labute approximate surface area is 174 Å². The van der Waals surface area contributed by atoms with Crippen molar-refractivity contribution in [3.05, 3.63) is 72.4 Å². The third-order valence-electron chi connectivity index (χ3n) is 5.27. The van der Waals surface area contributed by atoms with E-state index in [-0.39, 0.29) is 12.1 Å². The molecule has 2 aliphatic heterocycles. The number of hydrogen-bond donors (Lipinski definition) is 1. The largest absolute Gasteiger partial charge is 0.366 e. The number of carbonyl (C=O) groups is 1. The maximum atomic E-state index is 13.1. The minimum atomic E-state index is -0.172. The van der Waals surface area contributed by atoms with Crippen LogP contribution in [0.1, 0.15) is 12.0 Å². The van der Waals surface area contributed by atoms with Gasteiger partial charge in [0.1, 0.15) is 5.82 Å². The van der Waals surface area contributed by atoms with E-state index in [9.17, 15) is 4.79 Å². The van der Waals surface area contributed by atoms with Gasteiger partial charge in [0.15, 0.2) is 5.82 Å². The lowest BCUT2D eigenvalue weighted by molar-refractivity contribution is 0.254. The molecule has 1 N–H and O–H groups in total. The first-order valence-electron chi connectivity index (χ1n) is 9.72. The number of benzene rings is 1. The molecule has 1 saturated heterocycles. The lowest BCUT2D eigenvalue weighted by atomic mass is 10.2. The molecular weight excluding hydrogens is 382 g/mol. The summed E-state index contributed by atoms with van der Waals surface area (Å²) < 4.78 is 0. The van der Waals surface area contributed by atoms with Crippen LogP contribution in [-0.4, -0.2) is 35.1 Å². The van der Waals surface area contributed by atoms with Gasteiger partial charge in [0.2, 0.25) is 0 Å². The van der Waals surface area contributed by atoms with Crippen LogP contribution in [0.4, 0.5) is 22.1 Å². The van der Waals surface area contributed by atoms with Gasteiger partial charge in [-0.15, -0.1) is 11.8 Å². The molecule has 5 rings (SSSR count). The minimum absolute atomic E-state index is 0.132. The molecule has 0 spiro atoms. The summed E-state index contributed by atoms with van der Waals surface area (Å²) >= 11 is 1.69. The van der Waals surface area contributed by atoms with Crippen LogP contribution < -0.4 is 15.1 Å². The fourth-order valence-corrected chi connectivity index (χ4v) is 4.69. The molecule has 29 heavy (non-hydrogen) atoms. The normalized spacial score (nSPS) is 17.2. The zero-order valence-electron chi connectivity index (χ0n) is 15.9. The average Bonchev–Trinajstić information content (AvgIpc) is 3.18. The maximum absolute atomic E-state index is 13.1. The molecule has 2 aromatic heterocycles. The molecule has 1 fully saturated rings. The zero-order valence-corrected chi connectivity index (χ0v) is 16.7. The van der Waals surface area contributed by atoms with Crippen molar-refractivity contribution in [2.45, 2.75) is 23.2 Å². The molecule has 2 amide bonds. The highest BCUT2D eigenvalue weighted by atomic mass is 32.2. The lowest BCUT2D eigenvalue weighted by Gasteiger charge is -2.35. The summed E-state index contributed by atoms with van der Waals surface area (Å²) in [7, 11) is 0. The third-order valence-corrected chi connectivity index (χ3v) is 6.28. The van der Waals surface area contributed by atoms with Crippen LogP contribution >= 0.6 is 11.8 Å². The lowest BCUT2D eigenvalue weighted by Crippen LogP contribution is -2.48. The number of nitrogens with zero attached hydrogens (tertiary/aromatic N) is 4. The van der Waals surface area contributed by atoms with E-state index >= 15 is 0 Å². The molecule has 4 heterocycles. The number of nitrogens with one attached hydrogen (secondary N) is 1. The van der Waals surface area contributed by atoms with Crippen LogP contribution in [0.2, 0.25) is 0 Å². The molecule has 2 aliphatic rings. The summed E-state index contributed by atoms with van der Waals surface area (Å²) in [6.07, 6.45) is 2.62. The molecule has 1 aromatic carbocycles. The highest BCUT2D eigenvalue weighted by Crippen LogP contribution is 2.40. The number of carbonyl (C=O) groups excluding carboxylic acids is 1. The van der Waals surface area contributed by atoms with E-state index in [1.807, 2.05) is 35.2 Å². The zero-order chi connectivity index (χ0) is 19.6. The van der Waals surface area contributed by atoms with Crippen molar-refractivity contribution in [3.63, 3.8) is 0 Å². The molecule has 6 nitrogen and oxygen atoms in total. The van der Waals surface area contributed by atoms with Crippen molar-refractivity contribution in [3.8, 4) is 0 Å². The van der Waals surface area contributed by atoms with Crippen molar-refractivity contribution in [2.75, 3.05) is 28.2 Å². The first kappa shape index (κ1) is 18.0. The first-order valence-corrected chi connectivity index (χ1v) is 10.7. The second-order valence-electron chi connectivity index (χ2n) is 7.17. The van der Waals surface area contributed by atoms with Gasteiger partial charge in [-0.25, -0.2) is 14.8 Å². The molecule has 0 aliphatic carbocycles. The molecule has 7 heteroatoms. The van der Waals surface area contributed by atoms with Gasteiger partial charge in [-0.2, -0.15) is 0 Å². The van der Waals surface area contributed by atoms with Gasteiger partial charge >= 0.3 is 6.03 Å². The summed E-state index contributed by atoms with van der Waals surface area (Å²) in [5.74, 6) is 2.14. The number of amides is 2. The fourth-order valence-electron chi connectivity index (χ4n) is 3.87. The van der Waals surface area contributed by atoms with E-state index < -0.39 is 0 Å². The minimum Gasteiger partial charge on any atom is -0.366 e. The Kier molecular flexibility index (Phi) is 4.81. The van der Waals surface area contributed by atoms with Gasteiger partial charge in [0, 0.05) is 25.0 Å². The van der Waals surface area contributed by atoms with Crippen LogP contribution in [0.5, 0.6) is 0 Å². The number of anilines is 3. The Balaban J connectivity index is 1.41. The van der Waals surface area contributed by atoms with Gasteiger partial charge < -0.3 is 4.90 Å². The van der Waals surface area contributed by atoms with Crippen molar-refractivity contribution >= 4 is 35.1 Å². The van der Waals surface area contributed by atoms with Crippen LogP contribution in [0.15, 0.2) is 71.9 Å². The third kappa shape index (κ3) is 3.65. The smallest absolute Gasteiger partial charge is 0.329 e. The van der Waals surface area contributed by atoms with Crippen molar-refractivity contribution in [1.29, 1.82) is 0 Å². The summed E-state index contributed by atoms with van der Waals surface area (Å²) in [4.78, 5) is 26.4. The number of hydrogen-bond acceptors (Lipinski definition) is 5. The Morgan fingerprint density at radius 3 is 2.79 bits per heavy atom. The number of fused-ring (bicyclic) bond motifs is 4. The predicted molar refractivity (Wildman–Crippen MR) is 117 cm³/mol. The van der Waals surface area contributed by atoms with E-state index in [0.29, 0.717) is 5.82 Å². The summed E-state index contributed by atoms with van der Waals surface area (Å²) in [5.41, 5.74) is 2.28. The Morgan fingerprint density at radius 2 is 1.97 bits per heavy atom. The van der Waals surface area contributed by atoms with Gasteiger partial charge in [0.05, 0.1) is 16.8 Å². The molecule has 146 valence electrons. The number of urea groups is 1. The van der Waals surface area contributed by atoms with E-state index in [1.165, 1.54) is 5.56 Å². The van der Waals surface area contributed by atoms with Crippen LogP contribution in [0.3, 0.4) is 0 Å². The first-order chi connectivity index (χ1) is 14.3. The van der Waals surface area contributed by atoms with Crippen molar-refractivity contribution < 1.29 is 4.79 Å². The molecule has 0 saturated carbocycles. The highest BCUT2D eigenvalue weighted by molar-refractivity contribution is 7.98. The second kappa shape index (κ2) is 7.75.